The van der Waals surface area contributed by atoms with Crippen molar-refractivity contribution in [3.63, 3.8) is 0 Å². The fraction of sp³-hybridized carbons (Fsp3) is 0.286. The predicted octanol–water partition coefficient (Wildman–Crippen LogP) is 2.43. The molecule has 1 fully saturated rings. The standard InChI is InChI=1S/C14H17FN4/c15-11-4-1-3-10(9-11)12-5-2-8-19(12)14(18)7-6-13(16)17/h1,3-4,6-7,9,12,18H,2,5,8H2,(H3,16,17)/b7-6-,18-14?/t12-/m1/s1. The topological polar surface area (TPSA) is 77.0 Å². The van der Waals surface area contributed by atoms with Gasteiger partial charge in [-0.25, -0.2) is 4.39 Å². The van der Waals surface area contributed by atoms with Gasteiger partial charge in [0.05, 0.1) is 6.04 Å². The van der Waals surface area contributed by atoms with Crippen LogP contribution in [0.15, 0.2) is 36.4 Å². The summed E-state index contributed by atoms with van der Waals surface area (Å²) < 4.78 is 13.3. The van der Waals surface area contributed by atoms with Crippen LogP contribution in [-0.4, -0.2) is 23.1 Å². The molecule has 0 saturated carbocycles. The minimum absolute atomic E-state index is 0.0276. The first-order chi connectivity index (χ1) is 9.08. The van der Waals surface area contributed by atoms with Crippen molar-refractivity contribution < 1.29 is 4.39 Å². The van der Waals surface area contributed by atoms with E-state index >= 15 is 0 Å². The van der Waals surface area contributed by atoms with Gasteiger partial charge in [-0.1, -0.05) is 12.1 Å². The second kappa shape index (κ2) is 5.65. The van der Waals surface area contributed by atoms with Crippen LogP contribution >= 0.6 is 0 Å². The molecular formula is C14H17FN4. The number of halogens is 1. The zero-order chi connectivity index (χ0) is 13.8. The first-order valence-corrected chi connectivity index (χ1v) is 6.20. The van der Waals surface area contributed by atoms with Gasteiger partial charge in [0.2, 0.25) is 0 Å². The SMILES string of the molecule is N=C(N)/C=C\C(=N)N1CCC[C@@H]1c1cccc(F)c1. The van der Waals surface area contributed by atoms with E-state index in [0.717, 1.165) is 24.9 Å². The number of amidine groups is 2. The minimum Gasteiger partial charge on any atom is -0.384 e. The lowest BCUT2D eigenvalue weighted by molar-refractivity contribution is 0.398. The second-order valence-corrected chi connectivity index (χ2v) is 4.58. The molecule has 1 aliphatic heterocycles. The molecule has 100 valence electrons. The Hall–Kier alpha value is -2.17. The van der Waals surface area contributed by atoms with Crippen molar-refractivity contribution in [2.75, 3.05) is 6.54 Å². The van der Waals surface area contributed by atoms with E-state index in [1.807, 2.05) is 11.0 Å². The summed E-state index contributed by atoms with van der Waals surface area (Å²) in [5.41, 5.74) is 6.12. The average molecular weight is 260 g/mol. The van der Waals surface area contributed by atoms with Gasteiger partial charge in [-0.15, -0.1) is 0 Å². The summed E-state index contributed by atoms with van der Waals surface area (Å²) in [5, 5.41) is 15.1. The van der Waals surface area contributed by atoms with E-state index in [1.165, 1.54) is 24.3 Å². The summed E-state index contributed by atoms with van der Waals surface area (Å²) in [5.74, 6) is -0.0247. The highest BCUT2D eigenvalue weighted by atomic mass is 19.1. The van der Waals surface area contributed by atoms with Crippen molar-refractivity contribution in [1.29, 1.82) is 10.8 Å². The monoisotopic (exact) mass is 260 g/mol. The normalized spacial score (nSPS) is 19.0. The Morgan fingerprint density at radius 1 is 1.37 bits per heavy atom. The molecule has 1 saturated heterocycles. The van der Waals surface area contributed by atoms with Crippen LogP contribution in [-0.2, 0) is 0 Å². The van der Waals surface area contributed by atoms with E-state index in [0.29, 0.717) is 5.84 Å². The van der Waals surface area contributed by atoms with E-state index in [9.17, 15) is 4.39 Å². The number of nitrogens with zero attached hydrogens (tertiary/aromatic N) is 1. The van der Waals surface area contributed by atoms with Crippen molar-refractivity contribution in [3.05, 3.63) is 47.8 Å². The maximum absolute atomic E-state index is 13.3. The van der Waals surface area contributed by atoms with Crippen LogP contribution in [0.3, 0.4) is 0 Å². The average Bonchev–Trinajstić information content (AvgIpc) is 2.85. The summed E-state index contributed by atoms with van der Waals surface area (Å²) in [6, 6.07) is 6.54. The fourth-order valence-corrected chi connectivity index (χ4v) is 2.38. The molecule has 1 aromatic carbocycles. The van der Waals surface area contributed by atoms with E-state index in [-0.39, 0.29) is 17.7 Å². The molecule has 0 radical (unpaired) electrons. The van der Waals surface area contributed by atoms with Crippen molar-refractivity contribution >= 4 is 11.7 Å². The Bertz CT molecular complexity index is 524. The highest BCUT2D eigenvalue weighted by molar-refractivity contribution is 5.98. The van der Waals surface area contributed by atoms with E-state index in [2.05, 4.69) is 0 Å². The zero-order valence-electron chi connectivity index (χ0n) is 10.6. The Kier molecular flexibility index (Phi) is 3.94. The van der Waals surface area contributed by atoms with Gasteiger partial charge in [0.1, 0.15) is 17.5 Å². The molecular weight excluding hydrogens is 243 g/mol. The quantitative estimate of drug-likeness (QED) is 0.576. The molecule has 1 aliphatic rings. The minimum atomic E-state index is -0.254. The lowest BCUT2D eigenvalue weighted by Crippen LogP contribution is -2.28. The van der Waals surface area contributed by atoms with Crippen molar-refractivity contribution in [2.45, 2.75) is 18.9 Å². The molecule has 0 amide bonds. The molecule has 5 heteroatoms. The Labute approximate surface area is 111 Å². The molecule has 1 heterocycles. The molecule has 0 aliphatic carbocycles. The van der Waals surface area contributed by atoms with Crippen LogP contribution in [0.4, 0.5) is 4.39 Å². The van der Waals surface area contributed by atoms with E-state index in [4.69, 9.17) is 16.6 Å². The number of hydrogen-bond donors (Lipinski definition) is 3. The van der Waals surface area contributed by atoms with Gasteiger partial charge < -0.3 is 10.6 Å². The smallest absolute Gasteiger partial charge is 0.123 e. The molecule has 0 aromatic heterocycles. The van der Waals surface area contributed by atoms with Gasteiger partial charge in [0.25, 0.3) is 0 Å². The summed E-state index contributed by atoms with van der Waals surface area (Å²) in [7, 11) is 0. The zero-order valence-corrected chi connectivity index (χ0v) is 10.6. The highest BCUT2D eigenvalue weighted by Gasteiger charge is 2.27. The van der Waals surface area contributed by atoms with Crippen molar-refractivity contribution in [1.82, 2.24) is 4.90 Å². The molecule has 0 bridgehead atoms. The molecule has 2 rings (SSSR count). The van der Waals surface area contributed by atoms with E-state index < -0.39 is 0 Å². The maximum Gasteiger partial charge on any atom is 0.123 e. The van der Waals surface area contributed by atoms with Gasteiger partial charge in [0.15, 0.2) is 0 Å². The number of rotatable bonds is 3. The van der Waals surface area contributed by atoms with Gasteiger partial charge >= 0.3 is 0 Å². The number of likely N-dealkylation sites (tertiary alicyclic amines) is 1. The van der Waals surface area contributed by atoms with Gasteiger partial charge in [0, 0.05) is 6.54 Å². The fourth-order valence-electron chi connectivity index (χ4n) is 2.38. The Balaban J connectivity index is 2.17. The largest absolute Gasteiger partial charge is 0.384 e. The number of nitrogens with one attached hydrogen (secondary N) is 2. The highest BCUT2D eigenvalue weighted by Crippen LogP contribution is 2.32. The van der Waals surface area contributed by atoms with Gasteiger partial charge in [-0.2, -0.15) is 0 Å². The van der Waals surface area contributed by atoms with Crippen LogP contribution in [0.5, 0.6) is 0 Å². The molecule has 4 N–H and O–H groups in total. The number of benzene rings is 1. The third kappa shape index (κ3) is 3.19. The Morgan fingerprint density at radius 3 is 2.84 bits per heavy atom. The summed E-state index contributed by atoms with van der Waals surface area (Å²) in [4.78, 5) is 1.91. The third-order valence-corrected chi connectivity index (χ3v) is 3.22. The lowest BCUT2D eigenvalue weighted by Gasteiger charge is -2.26. The first-order valence-electron chi connectivity index (χ1n) is 6.20. The molecule has 1 atom stereocenters. The molecule has 1 aromatic rings. The molecule has 0 unspecified atom stereocenters. The van der Waals surface area contributed by atoms with Crippen molar-refractivity contribution in [3.8, 4) is 0 Å². The van der Waals surface area contributed by atoms with Crippen LogP contribution < -0.4 is 5.73 Å². The second-order valence-electron chi connectivity index (χ2n) is 4.58. The summed E-state index contributed by atoms with van der Waals surface area (Å²) in [6.45, 7) is 0.766. The molecule has 0 spiro atoms. The maximum atomic E-state index is 13.3. The lowest BCUT2D eigenvalue weighted by atomic mass is 10.0. The number of hydrogen-bond acceptors (Lipinski definition) is 2. The van der Waals surface area contributed by atoms with Crippen LogP contribution in [0.2, 0.25) is 0 Å². The molecule has 4 nitrogen and oxygen atoms in total. The first kappa shape index (κ1) is 13.3. The van der Waals surface area contributed by atoms with E-state index in [1.54, 1.807) is 6.07 Å². The van der Waals surface area contributed by atoms with Crippen LogP contribution in [0.25, 0.3) is 0 Å². The Morgan fingerprint density at radius 2 is 2.16 bits per heavy atom. The third-order valence-electron chi connectivity index (χ3n) is 3.22. The predicted molar refractivity (Wildman–Crippen MR) is 73.9 cm³/mol. The van der Waals surface area contributed by atoms with Gasteiger partial charge in [-0.3, -0.25) is 10.8 Å². The number of nitrogens with two attached hydrogens (primary N) is 1. The summed E-state index contributed by atoms with van der Waals surface area (Å²) >= 11 is 0. The van der Waals surface area contributed by atoms with Crippen LogP contribution in [0.1, 0.15) is 24.4 Å². The van der Waals surface area contributed by atoms with Crippen molar-refractivity contribution in [2.24, 2.45) is 5.73 Å². The van der Waals surface area contributed by atoms with Crippen LogP contribution in [0, 0.1) is 16.6 Å². The molecule has 19 heavy (non-hydrogen) atoms. The van der Waals surface area contributed by atoms with Gasteiger partial charge in [-0.05, 0) is 42.7 Å². The summed E-state index contributed by atoms with van der Waals surface area (Å²) in [6.07, 6.45) is 4.78.